The zero-order valence-corrected chi connectivity index (χ0v) is 11.0. The first-order valence-corrected chi connectivity index (χ1v) is 7.03. The van der Waals surface area contributed by atoms with Crippen LogP contribution in [0.4, 0.5) is 5.82 Å². The molecule has 1 amide bonds. The fraction of sp³-hybridized carbons (Fsp3) is 0.636. The van der Waals surface area contributed by atoms with Gasteiger partial charge in [-0.15, -0.1) is 0 Å². The Hall–Kier alpha value is -1.17. The van der Waals surface area contributed by atoms with Gasteiger partial charge in [-0.3, -0.25) is 9.48 Å². The highest BCUT2D eigenvalue weighted by Gasteiger charge is 2.28. The van der Waals surface area contributed by atoms with Crippen LogP contribution in [0.5, 0.6) is 0 Å². The molecule has 0 aliphatic heterocycles. The number of nitrogens with one attached hydrogen (secondary N) is 1. The van der Waals surface area contributed by atoms with E-state index < -0.39 is 0 Å². The lowest BCUT2D eigenvalue weighted by Gasteiger charge is -2.18. The third kappa shape index (κ3) is 2.41. The molecule has 1 heterocycles. The summed E-state index contributed by atoms with van der Waals surface area (Å²) in [4.78, 5) is 12.0. The second kappa shape index (κ2) is 5.00. The molecule has 0 radical (unpaired) electrons. The third-order valence-corrected chi connectivity index (χ3v) is 4.47. The van der Waals surface area contributed by atoms with Gasteiger partial charge in [0, 0.05) is 18.3 Å². The van der Waals surface area contributed by atoms with Crippen LogP contribution < -0.4 is 11.1 Å². The van der Waals surface area contributed by atoms with Crippen LogP contribution in [0.3, 0.4) is 0 Å². The minimum atomic E-state index is -0.110. The maximum absolute atomic E-state index is 12.0. The normalized spacial score (nSPS) is 23.9. The highest BCUT2D eigenvalue weighted by Crippen LogP contribution is 2.28. The highest BCUT2D eigenvalue weighted by molar-refractivity contribution is 7.99. The molecule has 1 aliphatic carbocycles. The molecule has 0 spiro atoms. The standard InChI is InChI=1S/C11H18N4OS/c1-15-10(12)7(6-13-15)11(16)14-8-4-3-5-9(8)17-2/h6,8-9H,3-5,12H2,1-2H3,(H,14,16). The first-order chi connectivity index (χ1) is 8.13. The lowest BCUT2D eigenvalue weighted by Crippen LogP contribution is -2.38. The molecule has 1 aliphatic rings. The van der Waals surface area contributed by atoms with Crippen LogP contribution in [-0.4, -0.2) is 33.2 Å². The zero-order valence-electron chi connectivity index (χ0n) is 10.1. The van der Waals surface area contributed by atoms with Gasteiger partial charge >= 0.3 is 0 Å². The molecular formula is C11H18N4OS. The fourth-order valence-electron chi connectivity index (χ4n) is 2.24. The zero-order chi connectivity index (χ0) is 12.4. The number of nitrogens with two attached hydrogens (primary N) is 1. The van der Waals surface area contributed by atoms with Crippen molar-refractivity contribution in [3.63, 3.8) is 0 Å². The number of nitrogens with zero attached hydrogens (tertiary/aromatic N) is 2. The van der Waals surface area contributed by atoms with E-state index in [1.54, 1.807) is 7.05 Å². The average molecular weight is 254 g/mol. The first-order valence-electron chi connectivity index (χ1n) is 5.74. The van der Waals surface area contributed by atoms with Crippen LogP contribution in [-0.2, 0) is 7.05 Å². The van der Waals surface area contributed by atoms with Crippen LogP contribution in [0.25, 0.3) is 0 Å². The molecule has 0 aromatic carbocycles. The molecule has 0 bridgehead atoms. The van der Waals surface area contributed by atoms with Crippen molar-refractivity contribution in [2.75, 3.05) is 12.0 Å². The van der Waals surface area contributed by atoms with E-state index >= 15 is 0 Å². The summed E-state index contributed by atoms with van der Waals surface area (Å²) in [6, 6.07) is 0.261. The molecule has 1 saturated carbocycles. The number of thioether (sulfide) groups is 1. The van der Waals surface area contributed by atoms with Crippen molar-refractivity contribution in [3.8, 4) is 0 Å². The van der Waals surface area contributed by atoms with E-state index in [9.17, 15) is 4.79 Å². The molecule has 5 nitrogen and oxygen atoms in total. The fourth-order valence-corrected chi connectivity index (χ4v) is 3.18. The third-order valence-electron chi connectivity index (χ3n) is 3.30. The molecule has 17 heavy (non-hydrogen) atoms. The number of hydrogen-bond donors (Lipinski definition) is 2. The van der Waals surface area contributed by atoms with Gasteiger partial charge in [-0.25, -0.2) is 0 Å². The van der Waals surface area contributed by atoms with Gasteiger partial charge in [0.25, 0.3) is 5.91 Å². The summed E-state index contributed by atoms with van der Waals surface area (Å²) in [5.41, 5.74) is 6.25. The first kappa shape index (κ1) is 12.3. The molecule has 94 valence electrons. The number of aromatic nitrogens is 2. The predicted molar refractivity (Wildman–Crippen MR) is 70.0 cm³/mol. The van der Waals surface area contributed by atoms with Gasteiger partial charge in [0.15, 0.2) is 0 Å². The number of carbonyl (C=O) groups is 1. The summed E-state index contributed by atoms with van der Waals surface area (Å²) in [7, 11) is 1.73. The van der Waals surface area contributed by atoms with Crippen LogP contribution in [0.2, 0.25) is 0 Å². The van der Waals surface area contributed by atoms with E-state index in [0.717, 1.165) is 6.42 Å². The van der Waals surface area contributed by atoms with E-state index in [4.69, 9.17) is 5.73 Å². The molecule has 2 rings (SSSR count). The quantitative estimate of drug-likeness (QED) is 0.844. The van der Waals surface area contributed by atoms with Crippen molar-refractivity contribution in [3.05, 3.63) is 11.8 Å². The second-order valence-corrected chi connectivity index (χ2v) is 5.43. The van der Waals surface area contributed by atoms with Gasteiger partial charge in [-0.2, -0.15) is 16.9 Å². The molecule has 3 N–H and O–H groups in total. The predicted octanol–water partition coefficient (Wildman–Crippen LogP) is 1.02. The summed E-state index contributed by atoms with van der Waals surface area (Å²) in [5.74, 6) is 0.308. The summed E-state index contributed by atoms with van der Waals surface area (Å²) >= 11 is 1.82. The Morgan fingerprint density at radius 1 is 1.65 bits per heavy atom. The average Bonchev–Trinajstić information content (AvgIpc) is 2.87. The maximum atomic E-state index is 12.0. The SMILES string of the molecule is CSC1CCCC1NC(=O)c1cnn(C)c1N. The largest absolute Gasteiger partial charge is 0.383 e. The van der Waals surface area contributed by atoms with Crippen LogP contribution in [0, 0.1) is 0 Å². The van der Waals surface area contributed by atoms with Crippen molar-refractivity contribution in [1.82, 2.24) is 15.1 Å². The molecule has 6 heteroatoms. The van der Waals surface area contributed by atoms with E-state index in [2.05, 4.69) is 16.7 Å². The number of amides is 1. The van der Waals surface area contributed by atoms with Gasteiger partial charge in [0.1, 0.15) is 11.4 Å². The van der Waals surface area contributed by atoms with Gasteiger partial charge in [0.2, 0.25) is 0 Å². The van der Waals surface area contributed by atoms with Gasteiger partial charge in [-0.1, -0.05) is 6.42 Å². The van der Waals surface area contributed by atoms with E-state index in [1.165, 1.54) is 23.7 Å². The minimum absolute atomic E-state index is 0.110. The van der Waals surface area contributed by atoms with E-state index in [-0.39, 0.29) is 11.9 Å². The lowest BCUT2D eigenvalue weighted by atomic mass is 10.2. The number of hydrogen-bond acceptors (Lipinski definition) is 4. The summed E-state index contributed by atoms with van der Waals surface area (Å²) in [6.45, 7) is 0. The Balaban J connectivity index is 2.04. The van der Waals surface area contributed by atoms with Crippen LogP contribution in [0.15, 0.2) is 6.20 Å². The Morgan fingerprint density at radius 2 is 2.41 bits per heavy atom. The topological polar surface area (TPSA) is 72.9 Å². The van der Waals surface area contributed by atoms with Crippen molar-refractivity contribution in [2.45, 2.75) is 30.6 Å². The van der Waals surface area contributed by atoms with Crippen molar-refractivity contribution in [1.29, 1.82) is 0 Å². The monoisotopic (exact) mass is 254 g/mol. The van der Waals surface area contributed by atoms with E-state index in [1.807, 2.05) is 11.8 Å². The van der Waals surface area contributed by atoms with Crippen LogP contribution in [0.1, 0.15) is 29.6 Å². The van der Waals surface area contributed by atoms with Crippen molar-refractivity contribution in [2.24, 2.45) is 7.05 Å². The van der Waals surface area contributed by atoms with Crippen LogP contribution >= 0.6 is 11.8 Å². The molecule has 0 saturated heterocycles. The highest BCUT2D eigenvalue weighted by atomic mass is 32.2. The Labute approximate surface area is 105 Å². The molecule has 2 unspecified atom stereocenters. The maximum Gasteiger partial charge on any atom is 0.256 e. The van der Waals surface area contributed by atoms with Crippen molar-refractivity contribution >= 4 is 23.5 Å². The Morgan fingerprint density at radius 3 is 3.00 bits per heavy atom. The summed E-state index contributed by atoms with van der Waals surface area (Å²) in [5, 5.41) is 7.56. The number of carbonyl (C=O) groups excluding carboxylic acids is 1. The molecule has 1 aromatic heterocycles. The van der Waals surface area contributed by atoms with Gasteiger partial charge in [-0.05, 0) is 19.1 Å². The smallest absolute Gasteiger partial charge is 0.256 e. The minimum Gasteiger partial charge on any atom is -0.383 e. The number of nitrogen functional groups attached to an aromatic ring is 1. The van der Waals surface area contributed by atoms with E-state index in [0.29, 0.717) is 16.6 Å². The lowest BCUT2D eigenvalue weighted by molar-refractivity contribution is 0.0939. The summed E-state index contributed by atoms with van der Waals surface area (Å²) in [6.07, 6.45) is 7.02. The van der Waals surface area contributed by atoms with Gasteiger partial charge < -0.3 is 11.1 Å². The molecule has 2 atom stereocenters. The van der Waals surface area contributed by atoms with Gasteiger partial charge in [0.05, 0.1) is 6.20 Å². The second-order valence-electron chi connectivity index (χ2n) is 4.35. The summed E-state index contributed by atoms with van der Waals surface area (Å²) < 4.78 is 1.51. The number of rotatable bonds is 3. The number of anilines is 1. The number of aryl methyl sites for hydroxylation is 1. The van der Waals surface area contributed by atoms with Crippen molar-refractivity contribution < 1.29 is 4.79 Å². The molecular weight excluding hydrogens is 236 g/mol. The molecule has 1 aromatic rings. The molecule has 1 fully saturated rings. The Kier molecular flexibility index (Phi) is 3.61. The Bertz CT molecular complexity index is 418.